The van der Waals surface area contributed by atoms with Crippen molar-refractivity contribution in [3.63, 3.8) is 0 Å². The molecule has 1 aliphatic heterocycles. The number of pyridine rings is 1. The van der Waals surface area contributed by atoms with Crippen LogP contribution in [0.3, 0.4) is 0 Å². The Balaban J connectivity index is 2.30. The molecule has 0 spiro atoms. The maximum Gasteiger partial charge on any atom is 0.329 e. The minimum Gasteiger partial charge on any atom is -0.466 e. The highest BCUT2D eigenvalue weighted by atomic mass is 16.6. The molecule has 116 valence electrons. The molecule has 0 aliphatic carbocycles. The average Bonchev–Trinajstić information content (AvgIpc) is 2.54. The number of carbonyl (C=O) groups excluding carboxylic acids is 1. The molecule has 0 N–H and O–H groups in total. The standard InChI is InChI=1S/C14H16N4O4/c1-2-22-14(19)11-4-3-7-17(9-11)13-12(18(20)21)10(8-15)5-6-16-13/h5-6,11H,2-4,7,9H2,1H3/t11-/m0/s1. The largest absolute Gasteiger partial charge is 0.466 e. The fraction of sp³-hybridized carbons (Fsp3) is 0.500. The molecule has 8 heteroatoms. The van der Waals surface area contributed by atoms with Crippen LogP contribution in [-0.2, 0) is 9.53 Å². The summed E-state index contributed by atoms with van der Waals surface area (Å²) in [7, 11) is 0. The zero-order chi connectivity index (χ0) is 16.1. The van der Waals surface area contributed by atoms with Crippen molar-refractivity contribution in [1.29, 1.82) is 5.26 Å². The van der Waals surface area contributed by atoms with Gasteiger partial charge < -0.3 is 9.64 Å². The molecule has 22 heavy (non-hydrogen) atoms. The molecule has 2 heterocycles. The number of nitriles is 1. The van der Waals surface area contributed by atoms with Crippen molar-refractivity contribution in [2.24, 2.45) is 5.92 Å². The molecule has 1 saturated heterocycles. The third kappa shape index (κ3) is 3.14. The summed E-state index contributed by atoms with van der Waals surface area (Å²) in [5.41, 5.74) is -0.345. The Morgan fingerprint density at radius 3 is 3.09 bits per heavy atom. The van der Waals surface area contributed by atoms with Crippen LogP contribution in [0.1, 0.15) is 25.3 Å². The molecule has 0 aromatic carbocycles. The zero-order valence-corrected chi connectivity index (χ0v) is 12.2. The second-order valence-electron chi connectivity index (χ2n) is 4.94. The van der Waals surface area contributed by atoms with Crippen LogP contribution < -0.4 is 4.90 Å². The molecule has 0 radical (unpaired) electrons. The van der Waals surface area contributed by atoms with Crippen molar-refractivity contribution >= 4 is 17.5 Å². The van der Waals surface area contributed by atoms with Gasteiger partial charge in [0.15, 0.2) is 0 Å². The number of esters is 1. The van der Waals surface area contributed by atoms with E-state index in [1.54, 1.807) is 11.8 Å². The van der Waals surface area contributed by atoms with E-state index >= 15 is 0 Å². The number of nitro groups is 1. The number of ether oxygens (including phenoxy) is 1. The van der Waals surface area contributed by atoms with E-state index < -0.39 is 4.92 Å². The van der Waals surface area contributed by atoms with E-state index in [-0.39, 0.29) is 29.0 Å². The lowest BCUT2D eigenvalue weighted by Gasteiger charge is -2.32. The van der Waals surface area contributed by atoms with E-state index in [1.807, 2.05) is 6.07 Å². The van der Waals surface area contributed by atoms with Gasteiger partial charge in [0.05, 0.1) is 17.4 Å². The minimum atomic E-state index is -0.602. The molecular weight excluding hydrogens is 288 g/mol. The topological polar surface area (TPSA) is 109 Å². The van der Waals surface area contributed by atoms with Crippen molar-refractivity contribution in [1.82, 2.24) is 4.98 Å². The first-order valence-corrected chi connectivity index (χ1v) is 7.03. The Morgan fingerprint density at radius 2 is 2.45 bits per heavy atom. The fourth-order valence-electron chi connectivity index (χ4n) is 2.57. The molecular formula is C14H16N4O4. The van der Waals surface area contributed by atoms with E-state index in [9.17, 15) is 14.9 Å². The van der Waals surface area contributed by atoms with Crippen LogP contribution in [0.5, 0.6) is 0 Å². The van der Waals surface area contributed by atoms with Gasteiger partial charge in [0, 0.05) is 19.3 Å². The van der Waals surface area contributed by atoms with Gasteiger partial charge in [-0.1, -0.05) is 0 Å². The lowest BCUT2D eigenvalue weighted by Crippen LogP contribution is -2.40. The summed E-state index contributed by atoms with van der Waals surface area (Å²) in [6, 6.07) is 3.12. The number of rotatable bonds is 4. The van der Waals surface area contributed by atoms with Gasteiger partial charge in [-0.2, -0.15) is 5.26 Å². The van der Waals surface area contributed by atoms with Crippen molar-refractivity contribution in [3.05, 3.63) is 27.9 Å². The van der Waals surface area contributed by atoms with Gasteiger partial charge in [-0.3, -0.25) is 14.9 Å². The van der Waals surface area contributed by atoms with Gasteiger partial charge in [-0.05, 0) is 25.8 Å². The smallest absolute Gasteiger partial charge is 0.329 e. The highest BCUT2D eigenvalue weighted by Gasteiger charge is 2.32. The van der Waals surface area contributed by atoms with Gasteiger partial charge >= 0.3 is 11.7 Å². The summed E-state index contributed by atoms with van der Waals surface area (Å²) in [6.07, 6.45) is 2.76. The van der Waals surface area contributed by atoms with Gasteiger partial charge in [0.25, 0.3) is 0 Å². The summed E-state index contributed by atoms with van der Waals surface area (Å²) in [6.45, 7) is 2.90. The first kappa shape index (κ1) is 15.7. The molecule has 1 atom stereocenters. The molecule has 1 aliphatic rings. The van der Waals surface area contributed by atoms with Gasteiger partial charge in [0.1, 0.15) is 11.6 Å². The predicted octanol–water partition coefficient (Wildman–Crippen LogP) is 1.64. The Bertz CT molecular complexity index is 626. The van der Waals surface area contributed by atoms with Crippen LogP contribution in [0, 0.1) is 27.4 Å². The molecule has 1 fully saturated rings. The Kier molecular flexibility index (Phi) is 4.88. The van der Waals surface area contributed by atoms with Crippen LogP contribution in [-0.4, -0.2) is 35.6 Å². The maximum atomic E-state index is 11.9. The lowest BCUT2D eigenvalue weighted by molar-refractivity contribution is -0.384. The predicted molar refractivity (Wildman–Crippen MR) is 77.2 cm³/mol. The Hall–Kier alpha value is -2.69. The number of carbonyl (C=O) groups is 1. The third-order valence-corrected chi connectivity index (χ3v) is 3.55. The number of hydrogen-bond donors (Lipinski definition) is 0. The SMILES string of the molecule is CCOC(=O)[C@H]1CCCN(c2nccc(C#N)c2[N+](=O)[O-])C1. The second-order valence-corrected chi connectivity index (χ2v) is 4.94. The molecule has 1 aromatic rings. The monoisotopic (exact) mass is 304 g/mol. The Labute approximate surface area is 127 Å². The van der Waals surface area contributed by atoms with Crippen molar-refractivity contribution < 1.29 is 14.5 Å². The molecule has 1 aromatic heterocycles. The van der Waals surface area contributed by atoms with E-state index in [0.717, 1.165) is 0 Å². The van der Waals surface area contributed by atoms with Crippen molar-refractivity contribution in [3.8, 4) is 6.07 Å². The molecule has 0 saturated carbocycles. The summed E-state index contributed by atoms with van der Waals surface area (Å²) in [5, 5.41) is 20.3. The minimum absolute atomic E-state index is 0.0340. The molecule has 0 amide bonds. The van der Waals surface area contributed by atoms with Crippen molar-refractivity contribution in [2.45, 2.75) is 19.8 Å². The van der Waals surface area contributed by atoms with E-state index in [0.29, 0.717) is 32.5 Å². The summed E-state index contributed by atoms with van der Waals surface area (Å²) in [5.74, 6) is -0.495. The third-order valence-electron chi connectivity index (χ3n) is 3.55. The fourth-order valence-corrected chi connectivity index (χ4v) is 2.57. The van der Waals surface area contributed by atoms with Crippen LogP contribution in [0.4, 0.5) is 11.5 Å². The van der Waals surface area contributed by atoms with E-state index in [2.05, 4.69) is 4.98 Å². The van der Waals surface area contributed by atoms with Gasteiger partial charge in [-0.25, -0.2) is 4.98 Å². The lowest BCUT2D eigenvalue weighted by atomic mass is 9.98. The first-order chi connectivity index (χ1) is 10.6. The van der Waals surface area contributed by atoms with Crippen LogP contribution >= 0.6 is 0 Å². The van der Waals surface area contributed by atoms with Crippen LogP contribution in [0.25, 0.3) is 0 Å². The molecule has 8 nitrogen and oxygen atoms in total. The van der Waals surface area contributed by atoms with Crippen LogP contribution in [0.2, 0.25) is 0 Å². The summed E-state index contributed by atoms with van der Waals surface area (Å²) < 4.78 is 5.02. The van der Waals surface area contributed by atoms with Gasteiger partial charge in [0.2, 0.25) is 5.82 Å². The Morgan fingerprint density at radius 1 is 1.68 bits per heavy atom. The highest BCUT2D eigenvalue weighted by Crippen LogP contribution is 2.32. The number of piperidine rings is 1. The van der Waals surface area contributed by atoms with E-state index in [4.69, 9.17) is 10.00 Å². The summed E-state index contributed by atoms with van der Waals surface area (Å²) >= 11 is 0. The first-order valence-electron chi connectivity index (χ1n) is 7.03. The average molecular weight is 304 g/mol. The molecule has 0 bridgehead atoms. The second kappa shape index (κ2) is 6.85. The maximum absolute atomic E-state index is 11.9. The summed E-state index contributed by atoms with van der Waals surface area (Å²) in [4.78, 5) is 28.3. The van der Waals surface area contributed by atoms with Crippen molar-refractivity contribution in [2.75, 3.05) is 24.6 Å². The number of aromatic nitrogens is 1. The normalized spacial score (nSPS) is 17.6. The molecule has 2 rings (SSSR count). The zero-order valence-electron chi connectivity index (χ0n) is 12.2. The van der Waals surface area contributed by atoms with E-state index in [1.165, 1.54) is 12.3 Å². The number of nitrogens with zero attached hydrogens (tertiary/aromatic N) is 4. The number of hydrogen-bond acceptors (Lipinski definition) is 7. The number of anilines is 1. The van der Waals surface area contributed by atoms with Crippen LogP contribution in [0.15, 0.2) is 12.3 Å². The van der Waals surface area contributed by atoms with Gasteiger partial charge in [-0.15, -0.1) is 0 Å². The quantitative estimate of drug-likeness (QED) is 0.472. The highest BCUT2D eigenvalue weighted by molar-refractivity contribution is 5.74. The molecule has 0 unspecified atom stereocenters.